The van der Waals surface area contributed by atoms with Crippen LogP contribution in [0.3, 0.4) is 0 Å². The van der Waals surface area contributed by atoms with Gasteiger partial charge in [0, 0.05) is 28.6 Å². The zero-order valence-electron chi connectivity index (χ0n) is 22.0. The second-order valence-electron chi connectivity index (χ2n) is 10.6. The predicted octanol–water partition coefficient (Wildman–Crippen LogP) is 7.41. The molecule has 0 aliphatic heterocycles. The molecule has 40 heavy (non-hydrogen) atoms. The van der Waals surface area contributed by atoms with Crippen LogP contribution in [-0.4, -0.2) is 31.1 Å². The summed E-state index contributed by atoms with van der Waals surface area (Å²) in [5, 5.41) is 11.7. The molecule has 8 heteroatoms. The molecule has 1 aliphatic carbocycles. The van der Waals surface area contributed by atoms with Crippen molar-refractivity contribution < 1.29 is 9.18 Å². The monoisotopic (exact) mass is 530 g/mol. The minimum absolute atomic E-state index is 0.0589. The maximum Gasteiger partial charge on any atom is 0.227 e. The van der Waals surface area contributed by atoms with Crippen molar-refractivity contribution in [3.63, 3.8) is 0 Å². The van der Waals surface area contributed by atoms with Crippen LogP contribution in [0.5, 0.6) is 0 Å². The summed E-state index contributed by atoms with van der Waals surface area (Å²) >= 11 is 0. The van der Waals surface area contributed by atoms with E-state index in [4.69, 9.17) is 4.98 Å². The molecule has 0 saturated heterocycles. The van der Waals surface area contributed by atoms with Gasteiger partial charge in [0.1, 0.15) is 17.0 Å². The molecule has 1 saturated carbocycles. The third-order valence-electron chi connectivity index (χ3n) is 7.71. The third kappa shape index (κ3) is 4.41. The number of pyridine rings is 2. The van der Waals surface area contributed by atoms with Crippen molar-refractivity contribution >= 4 is 33.5 Å². The molecule has 6 aromatic rings. The van der Waals surface area contributed by atoms with Crippen LogP contribution in [0, 0.1) is 18.7 Å². The first-order chi connectivity index (χ1) is 19.5. The molecule has 4 aromatic heterocycles. The largest absolute Gasteiger partial charge is 0.353 e. The lowest BCUT2D eigenvalue weighted by molar-refractivity contribution is -0.119. The van der Waals surface area contributed by atoms with Crippen LogP contribution in [0.25, 0.3) is 55.7 Å². The number of hydrogen-bond donors (Lipinski definition) is 3. The van der Waals surface area contributed by atoms with Crippen LogP contribution in [-0.2, 0) is 4.79 Å². The maximum absolute atomic E-state index is 14.2. The fourth-order valence-electron chi connectivity index (χ4n) is 5.75. The van der Waals surface area contributed by atoms with Crippen molar-refractivity contribution in [3.8, 4) is 33.8 Å². The molecular weight excluding hydrogens is 503 g/mol. The number of rotatable bonds is 5. The summed E-state index contributed by atoms with van der Waals surface area (Å²) in [5.74, 6) is -0.119. The van der Waals surface area contributed by atoms with Crippen LogP contribution >= 0.6 is 0 Å². The fraction of sp³-hybridized carbons (Fsp3) is 0.188. The number of halogens is 1. The Hall–Kier alpha value is -4.85. The standard InChI is InChI=1S/C32H27FN6O/c1-18-11-20(13-22(33)12-18)24-7-4-8-27-25(24)15-29(36-27)31-30-28(38-39-31)10-9-26(37-30)21-14-23(17-34-16-21)35-32(40)19-5-2-3-6-19/h4,7-17,19,36H,2-3,5-6H2,1H3,(H,35,40)(H,38,39). The molecule has 7 rings (SSSR count). The van der Waals surface area contributed by atoms with Gasteiger partial charge in [-0.05, 0) is 78.9 Å². The summed E-state index contributed by atoms with van der Waals surface area (Å²) in [6.45, 7) is 1.89. The summed E-state index contributed by atoms with van der Waals surface area (Å²) in [4.78, 5) is 25.4. The maximum atomic E-state index is 14.2. The molecule has 1 amide bonds. The van der Waals surface area contributed by atoms with Crippen LogP contribution in [0.2, 0.25) is 0 Å². The first-order valence-corrected chi connectivity index (χ1v) is 13.5. The van der Waals surface area contributed by atoms with Gasteiger partial charge in [0.25, 0.3) is 0 Å². The molecule has 4 heterocycles. The molecule has 7 nitrogen and oxygen atoms in total. The number of H-pyrrole nitrogens is 2. The van der Waals surface area contributed by atoms with E-state index in [0.29, 0.717) is 16.9 Å². The first-order valence-electron chi connectivity index (χ1n) is 13.5. The number of nitrogens with one attached hydrogen (secondary N) is 3. The van der Waals surface area contributed by atoms with Gasteiger partial charge in [-0.2, -0.15) is 5.10 Å². The van der Waals surface area contributed by atoms with Crippen molar-refractivity contribution in [2.45, 2.75) is 32.6 Å². The van der Waals surface area contributed by atoms with Crippen molar-refractivity contribution in [3.05, 3.63) is 84.4 Å². The Morgan fingerprint density at radius 3 is 2.70 bits per heavy atom. The second kappa shape index (κ2) is 9.72. The molecule has 2 aromatic carbocycles. The summed E-state index contributed by atoms with van der Waals surface area (Å²) in [7, 11) is 0. The number of hydrogen-bond acceptors (Lipinski definition) is 4. The Morgan fingerprint density at radius 1 is 0.975 bits per heavy atom. The van der Waals surface area contributed by atoms with Gasteiger partial charge in [-0.1, -0.05) is 31.0 Å². The summed E-state index contributed by atoms with van der Waals surface area (Å²) in [6, 6.07) is 18.8. The van der Waals surface area contributed by atoms with Gasteiger partial charge in [0.2, 0.25) is 5.91 Å². The Kier molecular flexibility index (Phi) is 5.88. The van der Waals surface area contributed by atoms with Crippen molar-refractivity contribution in [2.75, 3.05) is 5.32 Å². The molecule has 0 unspecified atom stereocenters. The van der Waals surface area contributed by atoms with Crippen molar-refractivity contribution in [1.82, 2.24) is 25.1 Å². The number of carbonyl (C=O) groups is 1. The Bertz CT molecular complexity index is 1880. The zero-order chi connectivity index (χ0) is 27.2. The molecule has 198 valence electrons. The molecule has 3 N–H and O–H groups in total. The van der Waals surface area contributed by atoms with Gasteiger partial charge in [-0.3, -0.25) is 14.9 Å². The highest BCUT2D eigenvalue weighted by Crippen LogP contribution is 2.35. The average molecular weight is 531 g/mol. The second-order valence-corrected chi connectivity index (χ2v) is 10.6. The number of nitrogens with zero attached hydrogens (tertiary/aromatic N) is 3. The topological polar surface area (TPSA) is 99.4 Å². The predicted molar refractivity (Wildman–Crippen MR) is 155 cm³/mol. The van der Waals surface area contributed by atoms with Gasteiger partial charge in [-0.25, -0.2) is 9.37 Å². The Morgan fingerprint density at radius 2 is 1.85 bits per heavy atom. The lowest BCUT2D eigenvalue weighted by Gasteiger charge is -2.11. The highest BCUT2D eigenvalue weighted by atomic mass is 19.1. The van der Waals surface area contributed by atoms with E-state index in [2.05, 4.69) is 25.5 Å². The number of anilines is 1. The smallest absolute Gasteiger partial charge is 0.227 e. The lowest BCUT2D eigenvalue weighted by atomic mass is 10.00. The van der Waals surface area contributed by atoms with Crippen molar-refractivity contribution in [1.29, 1.82) is 0 Å². The minimum atomic E-state index is -0.255. The molecule has 0 radical (unpaired) electrons. The van der Waals surface area contributed by atoms with Crippen LogP contribution in [0.15, 0.2) is 73.1 Å². The quantitative estimate of drug-likeness (QED) is 0.216. The number of carbonyl (C=O) groups excluding carboxylic acids is 1. The normalized spacial score (nSPS) is 13.8. The van der Waals surface area contributed by atoms with Gasteiger partial charge in [0.15, 0.2) is 0 Å². The van der Waals surface area contributed by atoms with Gasteiger partial charge in [-0.15, -0.1) is 0 Å². The molecule has 0 spiro atoms. The van der Waals surface area contributed by atoms with Crippen molar-refractivity contribution in [2.24, 2.45) is 5.92 Å². The van der Waals surface area contributed by atoms with E-state index in [-0.39, 0.29) is 17.6 Å². The highest BCUT2D eigenvalue weighted by Gasteiger charge is 2.23. The fourth-order valence-corrected chi connectivity index (χ4v) is 5.75. The molecular formula is C32H27FN6O. The highest BCUT2D eigenvalue weighted by molar-refractivity contribution is 6.00. The van der Waals surface area contributed by atoms with E-state index in [1.165, 1.54) is 6.07 Å². The number of fused-ring (bicyclic) bond motifs is 2. The zero-order valence-corrected chi connectivity index (χ0v) is 22.0. The van der Waals surface area contributed by atoms with Crippen LogP contribution in [0.1, 0.15) is 31.2 Å². The number of aromatic nitrogens is 5. The van der Waals surface area contributed by atoms with Gasteiger partial charge in [0.05, 0.1) is 28.8 Å². The summed E-state index contributed by atoms with van der Waals surface area (Å²) in [5.41, 5.74) is 8.78. The summed E-state index contributed by atoms with van der Waals surface area (Å²) < 4.78 is 14.2. The van der Waals surface area contributed by atoms with E-state index in [1.807, 2.05) is 55.5 Å². The lowest BCUT2D eigenvalue weighted by Crippen LogP contribution is -2.20. The molecule has 1 fully saturated rings. The number of amides is 1. The molecule has 0 bridgehead atoms. The third-order valence-corrected chi connectivity index (χ3v) is 7.71. The minimum Gasteiger partial charge on any atom is -0.353 e. The molecule has 0 atom stereocenters. The average Bonchev–Trinajstić information content (AvgIpc) is 3.71. The number of aromatic amines is 2. The van der Waals surface area contributed by atoms with Gasteiger partial charge >= 0.3 is 0 Å². The van der Waals surface area contributed by atoms with E-state index in [0.717, 1.165) is 75.7 Å². The summed E-state index contributed by atoms with van der Waals surface area (Å²) in [6.07, 6.45) is 7.51. The van der Waals surface area contributed by atoms with E-state index in [9.17, 15) is 9.18 Å². The SMILES string of the molecule is Cc1cc(F)cc(-c2cccc3[nH]c(-c4n[nH]c5ccc(-c6cncc(NC(=O)C7CCCC7)c6)nc45)cc23)c1. The van der Waals surface area contributed by atoms with Crippen LogP contribution in [0.4, 0.5) is 10.1 Å². The molecule has 1 aliphatic rings. The Labute approximate surface area is 229 Å². The van der Waals surface area contributed by atoms with E-state index >= 15 is 0 Å². The Balaban J connectivity index is 1.25. The van der Waals surface area contributed by atoms with E-state index in [1.54, 1.807) is 18.5 Å². The first kappa shape index (κ1) is 24.2. The van der Waals surface area contributed by atoms with E-state index < -0.39 is 0 Å². The number of aryl methyl sites for hydroxylation is 1. The van der Waals surface area contributed by atoms with Crippen LogP contribution < -0.4 is 5.32 Å². The number of benzene rings is 2. The van der Waals surface area contributed by atoms with Gasteiger partial charge < -0.3 is 10.3 Å².